The van der Waals surface area contributed by atoms with Gasteiger partial charge in [0.25, 0.3) is 0 Å². The second-order valence-electron chi connectivity index (χ2n) is 8.10. The minimum Gasteiger partial charge on any atom is -0.343 e. The molecule has 0 bridgehead atoms. The van der Waals surface area contributed by atoms with E-state index < -0.39 is 0 Å². The van der Waals surface area contributed by atoms with Gasteiger partial charge < -0.3 is 9.80 Å². The number of likely N-dealkylation sites (tertiary alicyclic amines) is 2. The number of nitrogens with zero attached hydrogens (tertiary/aromatic N) is 2. The van der Waals surface area contributed by atoms with Crippen LogP contribution >= 0.6 is 0 Å². The molecule has 2 fully saturated rings. The fraction of sp³-hybridized carbons (Fsp3) is 0.950. The molecule has 23 heavy (non-hydrogen) atoms. The van der Waals surface area contributed by atoms with Gasteiger partial charge in [-0.1, -0.05) is 40.0 Å². The van der Waals surface area contributed by atoms with Crippen LogP contribution in [0.4, 0.5) is 0 Å². The molecular weight excluding hydrogens is 284 g/mol. The summed E-state index contributed by atoms with van der Waals surface area (Å²) in [6.07, 6.45) is 10.9. The first kappa shape index (κ1) is 18.8. The monoisotopic (exact) mass is 322 g/mol. The minimum atomic E-state index is 0.411. The van der Waals surface area contributed by atoms with Crippen LogP contribution < -0.4 is 0 Å². The quantitative estimate of drug-likeness (QED) is 0.697. The van der Waals surface area contributed by atoms with Gasteiger partial charge in [-0.25, -0.2) is 0 Å². The predicted octanol–water partition coefficient (Wildman–Crippen LogP) is 4.32. The molecule has 2 rings (SSSR count). The van der Waals surface area contributed by atoms with E-state index in [0.717, 1.165) is 25.9 Å². The first-order valence-corrected chi connectivity index (χ1v) is 10.1. The van der Waals surface area contributed by atoms with E-state index in [0.29, 0.717) is 17.2 Å². The van der Waals surface area contributed by atoms with Crippen LogP contribution in [0.5, 0.6) is 0 Å². The normalized spacial score (nSPS) is 23.2. The Bertz CT molecular complexity index is 351. The Labute approximate surface area is 143 Å². The van der Waals surface area contributed by atoms with Crippen LogP contribution in [0.25, 0.3) is 0 Å². The van der Waals surface area contributed by atoms with Crippen molar-refractivity contribution in [2.45, 2.75) is 78.6 Å². The van der Waals surface area contributed by atoms with Gasteiger partial charge in [-0.3, -0.25) is 4.79 Å². The molecule has 0 radical (unpaired) electrons. The van der Waals surface area contributed by atoms with E-state index in [-0.39, 0.29) is 0 Å². The third-order valence-electron chi connectivity index (χ3n) is 6.44. The fourth-order valence-corrected chi connectivity index (χ4v) is 4.30. The average molecular weight is 323 g/mol. The van der Waals surface area contributed by atoms with Crippen molar-refractivity contribution >= 4 is 5.91 Å². The smallest absolute Gasteiger partial charge is 0.222 e. The van der Waals surface area contributed by atoms with Crippen molar-refractivity contribution in [1.82, 2.24) is 9.80 Å². The minimum absolute atomic E-state index is 0.411. The highest BCUT2D eigenvalue weighted by molar-refractivity contribution is 5.76. The van der Waals surface area contributed by atoms with Crippen molar-refractivity contribution in [2.75, 3.05) is 32.7 Å². The molecule has 2 saturated heterocycles. The molecule has 0 saturated carbocycles. The average Bonchev–Trinajstić information content (AvgIpc) is 2.59. The van der Waals surface area contributed by atoms with Crippen molar-refractivity contribution in [2.24, 2.45) is 11.3 Å². The van der Waals surface area contributed by atoms with E-state index in [1.54, 1.807) is 0 Å². The maximum absolute atomic E-state index is 12.5. The highest BCUT2D eigenvalue weighted by Crippen LogP contribution is 2.41. The Morgan fingerprint density at radius 3 is 2.17 bits per heavy atom. The van der Waals surface area contributed by atoms with Crippen molar-refractivity contribution in [3.63, 3.8) is 0 Å². The lowest BCUT2D eigenvalue weighted by molar-refractivity contribution is -0.134. The molecule has 2 aliphatic heterocycles. The second kappa shape index (κ2) is 9.05. The summed E-state index contributed by atoms with van der Waals surface area (Å²) in [5.41, 5.74) is 0.552. The molecule has 0 aromatic heterocycles. The molecule has 0 aromatic carbocycles. The lowest BCUT2D eigenvalue weighted by atomic mass is 9.71. The van der Waals surface area contributed by atoms with E-state index >= 15 is 0 Å². The predicted molar refractivity (Wildman–Crippen MR) is 97.5 cm³/mol. The van der Waals surface area contributed by atoms with E-state index in [1.165, 1.54) is 64.6 Å². The van der Waals surface area contributed by atoms with Crippen LogP contribution in [0.15, 0.2) is 0 Å². The highest BCUT2D eigenvalue weighted by atomic mass is 16.2. The van der Waals surface area contributed by atoms with Gasteiger partial charge in [0.2, 0.25) is 5.91 Å². The third-order valence-corrected chi connectivity index (χ3v) is 6.44. The molecular formula is C20H38N2O. The van der Waals surface area contributed by atoms with Crippen molar-refractivity contribution < 1.29 is 4.79 Å². The van der Waals surface area contributed by atoms with Gasteiger partial charge in [0.1, 0.15) is 0 Å². The molecule has 1 atom stereocenters. The van der Waals surface area contributed by atoms with Gasteiger partial charge in [-0.05, 0) is 63.1 Å². The molecule has 3 heteroatoms. The van der Waals surface area contributed by atoms with Gasteiger partial charge in [0, 0.05) is 19.5 Å². The van der Waals surface area contributed by atoms with Crippen molar-refractivity contribution in [1.29, 1.82) is 0 Å². The number of piperidine rings is 2. The van der Waals surface area contributed by atoms with Crippen LogP contribution in [0, 0.1) is 11.3 Å². The molecule has 2 heterocycles. The third kappa shape index (κ3) is 5.48. The summed E-state index contributed by atoms with van der Waals surface area (Å²) < 4.78 is 0. The fourth-order valence-electron chi connectivity index (χ4n) is 4.30. The summed E-state index contributed by atoms with van der Waals surface area (Å²) in [6, 6.07) is 0. The number of hydrogen-bond donors (Lipinski definition) is 0. The van der Waals surface area contributed by atoms with Crippen LogP contribution in [-0.2, 0) is 4.79 Å². The molecule has 0 aliphatic carbocycles. The number of carbonyl (C=O) groups is 1. The van der Waals surface area contributed by atoms with E-state index in [2.05, 4.69) is 30.6 Å². The van der Waals surface area contributed by atoms with Crippen molar-refractivity contribution in [3.05, 3.63) is 0 Å². The number of carbonyl (C=O) groups excluding carboxylic acids is 1. The SMILES string of the molecule is CCCCC(C)CCC(=O)N1CCC2(CCN(CC)CC2)CC1. The Morgan fingerprint density at radius 2 is 1.61 bits per heavy atom. The number of rotatable bonds is 7. The molecule has 0 aromatic rings. The molecule has 2 aliphatic rings. The van der Waals surface area contributed by atoms with Crippen LogP contribution in [0.2, 0.25) is 0 Å². The van der Waals surface area contributed by atoms with Gasteiger partial charge in [0.05, 0.1) is 0 Å². The molecule has 3 nitrogen and oxygen atoms in total. The Balaban J connectivity index is 1.68. The van der Waals surface area contributed by atoms with Gasteiger partial charge in [-0.2, -0.15) is 0 Å². The molecule has 1 spiro atoms. The van der Waals surface area contributed by atoms with Crippen LogP contribution in [0.3, 0.4) is 0 Å². The second-order valence-corrected chi connectivity index (χ2v) is 8.10. The number of hydrogen-bond acceptors (Lipinski definition) is 2. The molecule has 1 unspecified atom stereocenters. The zero-order valence-electron chi connectivity index (χ0n) is 15.8. The van der Waals surface area contributed by atoms with Crippen LogP contribution in [-0.4, -0.2) is 48.4 Å². The largest absolute Gasteiger partial charge is 0.343 e. The number of unbranched alkanes of at least 4 members (excludes halogenated alkanes) is 1. The maximum atomic E-state index is 12.5. The lowest BCUT2D eigenvalue weighted by Gasteiger charge is -2.46. The van der Waals surface area contributed by atoms with Crippen LogP contribution in [0.1, 0.15) is 78.6 Å². The maximum Gasteiger partial charge on any atom is 0.222 e. The summed E-state index contributed by atoms with van der Waals surface area (Å²) in [5, 5.41) is 0. The topological polar surface area (TPSA) is 23.6 Å². The lowest BCUT2D eigenvalue weighted by Crippen LogP contribution is -2.48. The Kier molecular flexibility index (Phi) is 7.39. The molecule has 0 N–H and O–H groups in total. The summed E-state index contributed by atoms with van der Waals surface area (Å²) in [6.45, 7) is 12.5. The Morgan fingerprint density at radius 1 is 1.00 bits per heavy atom. The summed E-state index contributed by atoms with van der Waals surface area (Å²) in [5.74, 6) is 1.11. The summed E-state index contributed by atoms with van der Waals surface area (Å²) in [4.78, 5) is 17.2. The highest BCUT2D eigenvalue weighted by Gasteiger charge is 2.38. The van der Waals surface area contributed by atoms with Crippen molar-refractivity contribution in [3.8, 4) is 0 Å². The summed E-state index contributed by atoms with van der Waals surface area (Å²) >= 11 is 0. The zero-order valence-corrected chi connectivity index (χ0v) is 15.8. The van der Waals surface area contributed by atoms with E-state index in [1.807, 2.05) is 0 Å². The number of amides is 1. The van der Waals surface area contributed by atoms with E-state index in [9.17, 15) is 4.79 Å². The van der Waals surface area contributed by atoms with E-state index in [4.69, 9.17) is 0 Å². The first-order chi connectivity index (χ1) is 11.1. The van der Waals surface area contributed by atoms with Gasteiger partial charge in [0.15, 0.2) is 0 Å². The summed E-state index contributed by atoms with van der Waals surface area (Å²) in [7, 11) is 0. The standard InChI is InChI=1S/C20H38N2O/c1-4-6-7-18(3)8-9-19(23)22-16-12-20(13-17-22)10-14-21(5-2)15-11-20/h18H,4-17H2,1-3H3. The first-order valence-electron chi connectivity index (χ1n) is 10.1. The zero-order chi connectivity index (χ0) is 16.7. The molecule has 1 amide bonds. The Hall–Kier alpha value is -0.570. The van der Waals surface area contributed by atoms with Gasteiger partial charge in [-0.15, -0.1) is 0 Å². The van der Waals surface area contributed by atoms with Gasteiger partial charge >= 0.3 is 0 Å². The molecule has 134 valence electrons.